The van der Waals surface area contributed by atoms with E-state index in [9.17, 15) is 13.2 Å². The van der Waals surface area contributed by atoms with Crippen LogP contribution >= 0.6 is 11.8 Å². The van der Waals surface area contributed by atoms with Crippen LogP contribution in [0.2, 0.25) is 0 Å². The molecule has 0 heterocycles. The number of benzene rings is 1. The van der Waals surface area contributed by atoms with Crippen molar-refractivity contribution < 1.29 is 13.2 Å². The molecule has 1 aromatic carbocycles. The van der Waals surface area contributed by atoms with Crippen LogP contribution in [-0.4, -0.2) is 0 Å². The van der Waals surface area contributed by atoms with E-state index < -0.39 is 17.5 Å². The molecule has 0 bridgehead atoms. The van der Waals surface area contributed by atoms with Crippen molar-refractivity contribution in [2.75, 3.05) is 5.43 Å². The third-order valence-corrected chi connectivity index (χ3v) is 1.27. The lowest BCUT2D eigenvalue weighted by atomic mass is 10.3. The Morgan fingerprint density at radius 3 is 2.00 bits per heavy atom. The highest BCUT2D eigenvalue weighted by Gasteiger charge is 2.09. The highest BCUT2D eigenvalue weighted by molar-refractivity contribution is 6.13. The van der Waals surface area contributed by atoms with Crippen molar-refractivity contribution in [1.29, 1.82) is 0 Å². The van der Waals surface area contributed by atoms with E-state index in [-0.39, 0.29) is 5.69 Å². The molecule has 2 nitrogen and oxygen atoms in total. The fourth-order valence-electron chi connectivity index (χ4n) is 0.682. The van der Waals surface area contributed by atoms with E-state index in [0.717, 1.165) is 12.1 Å². The van der Waals surface area contributed by atoms with Crippen molar-refractivity contribution in [2.24, 2.45) is 0 Å². The average molecular weight is 197 g/mol. The maximum atomic E-state index is 12.4. The van der Waals surface area contributed by atoms with Gasteiger partial charge in [0.15, 0.2) is 17.5 Å². The average Bonchev–Trinajstić information content (AvgIpc) is 2.01. The fourth-order valence-corrected chi connectivity index (χ4v) is 0.791. The van der Waals surface area contributed by atoms with Gasteiger partial charge >= 0.3 is 0 Å². The summed E-state index contributed by atoms with van der Waals surface area (Å²) in [6.45, 7) is 0. The molecule has 12 heavy (non-hydrogen) atoms. The smallest absolute Gasteiger partial charge is 0.194 e. The molecule has 0 saturated heterocycles. The third kappa shape index (κ3) is 1.80. The van der Waals surface area contributed by atoms with Crippen LogP contribution in [0, 0.1) is 17.5 Å². The van der Waals surface area contributed by atoms with E-state index in [1.807, 2.05) is 4.94 Å². The molecule has 0 amide bonds. The summed E-state index contributed by atoms with van der Waals surface area (Å²) < 4.78 is 37.2. The first-order valence-corrected chi connectivity index (χ1v) is 3.29. The van der Waals surface area contributed by atoms with Crippen LogP contribution in [0.5, 0.6) is 0 Å². The predicted octanol–water partition coefficient (Wildman–Crippen LogP) is 2.17. The maximum absolute atomic E-state index is 12.4. The lowest BCUT2D eigenvalue weighted by molar-refractivity contribution is 0.447. The monoisotopic (exact) mass is 196 g/mol. The Morgan fingerprint density at radius 1 is 1.08 bits per heavy atom. The second-order valence-electron chi connectivity index (χ2n) is 1.97. The summed E-state index contributed by atoms with van der Waals surface area (Å²) in [7, 11) is 0. The molecule has 66 valence electrons. The van der Waals surface area contributed by atoms with Gasteiger partial charge in [0.1, 0.15) is 0 Å². The van der Waals surface area contributed by atoms with Crippen molar-refractivity contribution in [3.63, 3.8) is 0 Å². The molecular weight excluding hydrogens is 193 g/mol. The number of anilines is 1. The quantitative estimate of drug-likeness (QED) is 0.430. The van der Waals surface area contributed by atoms with E-state index in [1.165, 1.54) is 0 Å². The zero-order valence-electron chi connectivity index (χ0n) is 5.67. The van der Waals surface area contributed by atoms with Crippen molar-refractivity contribution in [1.82, 2.24) is 4.94 Å². The standard InChI is InChI=1S/C6H4ClF3N2/c7-12-11-3-1-4(8)6(10)5(9)2-3/h1-2,11-12H. The molecule has 0 radical (unpaired) electrons. The second kappa shape index (κ2) is 3.64. The third-order valence-electron chi connectivity index (χ3n) is 1.18. The number of hydrazine groups is 1. The van der Waals surface area contributed by atoms with Crippen LogP contribution in [0.25, 0.3) is 0 Å². The first kappa shape index (κ1) is 9.15. The number of nitrogens with one attached hydrogen (secondary N) is 2. The first-order chi connectivity index (χ1) is 5.65. The molecule has 0 aromatic heterocycles. The summed E-state index contributed by atoms with van der Waals surface area (Å²) in [5.41, 5.74) is 2.19. The summed E-state index contributed by atoms with van der Waals surface area (Å²) in [5, 5.41) is 0. The summed E-state index contributed by atoms with van der Waals surface area (Å²) in [5.74, 6) is -4.05. The van der Waals surface area contributed by atoms with E-state index in [0.29, 0.717) is 0 Å². The van der Waals surface area contributed by atoms with Crippen molar-refractivity contribution >= 4 is 17.5 Å². The van der Waals surface area contributed by atoms with E-state index >= 15 is 0 Å². The lowest BCUT2D eigenvalue weighted by Gasteiger charge is -2.02. The maximum Gasteiger partial charge on any atom is 0.194 e. The molecule has 0 aliphatic heterocycles. The molecule has 0 saturated carbocycles. The molecule has 0 aliphatic carbocycles. The van der Waals surface area contributed by atoms with Gasteiger partial charge in [0.25, 0.3) is 0 Å². The SMILES string of the molecule is Fc1cc(NNCl)cc(F)c1F. The van der Waals surface area contributed by atoms with E-state index in [4.69, 9.17) is 11.8 Å². The molecule has 0 fully saturated rings. The van der Waals surface area contributed by atoms with Crippen LogP contribution in [0.1, 0.15) is 0 Å². The Labute approximate surface area is 71.4 Å². The minimum absolute atomic E-state index is 0.00130. The summed E-state index contributed by atoms with van der Waals surface area (Å²) in [6, 6.07) is 1.54. The molecular formula is C6H4ClF3N2. The van der Waals surface area contributed by atoms with E-state index in [2.05, 4.69) is 5.43 Å². The molecule has 1 aromatic rings. The number of halogens is 4. The highest BCUT2D eigenvalue weighted by Crippen LogP contribution is 2.16. The van der Waals surface area contributed by atoms with Gasteiger partial charge in [-0.15, -0.1) is 4.94 Å². The molecule has 0 spiro atoms. The zero-order chi connectivity index (χ0) is 9.14. The van der Waals surface area contributed by atoms with Gasteiger partial charge in [-0.25, -0.2) is 13.2 Å². The predicted molar refractivity (Wildman–Crippen MR) is 38.9 cm³/mol. The topological polar surface area (TPSA) is 24.1 Å². The molecule has 0 aliphatic rings. The molecule has 6 heteroatoms. The Balaban J connectivity index is 3.04. The Hall–Kier alpha value is -0.940. The minimum atomic E-state index is -1.50. The molecule has 2 N–H and O–H groups in total. The van der Waals surface area contributed by atoms with E-state index in [1.54, 1.807) is 0 Å². The Bertz CT molecular complexity index is 269. The largest absolute Gasteiger partial charge is 0.307 e. The summed E-state index contributed by atoms with van der Waals surface area (Å²) in [6.07, 6.45) is 0. The Kier molecular flexibility index (Phi) is 2.78. The van der Waals surface area contributed by atoms with Gasteiger partial charge in [-0.3, -0.25) is 0 Å². The summed E-state index contributed by atoms with van der Waals surface area (Å²) in [4.78, 5) is 1.92. The van der Waals surface area contributed by atoms with Gasteiger partial charge < -0.3 is 5.43 Å². The number of hydrogen-bond acceptors (Lipinski definition) is 2. The van der Waals surface area contributed by atoms with Crippen LogP contribution in [-0.2, 0) is 0 Å². The van der Waals surface area contributed by atoms with Crippen molar-refractivity contribution in [2.45, 2.75) is 0 Å². The normalized spacial score (nSPS) is 10.0. The van der Waals surface area contributed by atoms with Gasteiger partial charge in [0.05, 0.1) is 5.69 Å². The van der Waals surface area contributed by atoms with Crippen LogP contribution in [0.15, 0.2) is 12.1 Å². The zero-order valence-corrected chi connectivity index (χ0v) is 6.42. The van der Waals surface area contributed by atoms with Gasteiger partial charge in [0, 0.05) is 12.1 Å². The van der Waals surface area contributed by atoms with Gasteiger partial charge in [-0.1, -0.05) is 0 Å². The number of rotatable bonds is 2. The molecule has 1 rings (SSSR count). The van der Waals surface area contributed by atoms with Gasteiger partial charge in [-0.05, 0) is 11.8 Å². The van der Waals surface area contributed by atoms with Crippen LogP contribution in [0.3, 0.4) is 0 Å². The Morgan fingerprint density at radius 2 is 1.58 bits per heavy atom. The van der Waals surface area contributed by atoms with Crippen LogP contribution < -0.4 is 10.4 Å². The lowest BCUT2D eigenvalue weighted by Crippen LogP contribution is -2.09. The molecule has 0 atom stereocenters. The van der Waals surface area contributed by atoms with Gasteiger partial charge in [-0.2, -0.15) is 0 Å². The first-order valence-electron chi connectivity index (χ1n) is 2.91. The number of hydrogen-bond donors (Lipinski definition) is 2. The second-order valence-corrected chi connectivity index (χ2v) is 2.16. The van der Waals surface area contributed by atoms with Crippen LogP contribution in [0.4, 0.5) is 18.9 Å². The highest BCUT2D eigenvalue weighted by atomic mass is 35.5. The van der Waals surface area contributed by atoms with Crippen molar-refractivity contribution in [3.05, 3.63) is 29.6 Å². The molecule has 0 unspecified atom stereocenters. The summed E-state index contributed by atoms with van der Waals surface area (Å²) >= 11 is 4.98. The van der Waals surface area contributed by atoms with Gasteiger partial charge in [0.2, 0.25) is 0 Å². The van der Waals surface area contributed by atoms with Crippen molar-refractivity contribution in [3.8, 4) is 0 Å². The minimum Gasteiger partial charge on any atom is -0.307 e. The fraction of sp³-hybridized carbons (Fsp3) is 0.